The van der Waals surface area contributed by atoms with Crippen LogP contribution in [0.3, 0.4) is 0 Å². The van der Waals surface area contributed by atoms with Gasteiger partial charge in [0.15, 0.2) is 0 Å². The first-order chi connectivity index (χ1) is 11.3. The molecule has 3 heterocycles. The second kappa shape index (κ2) is 6.28. The maximum atomic E-state index is 12.2. The molecule has 0 radical (unpaired) electrons. The molecule has 0 saturated carbocycles. The van der Waals surface area contributed by atoms with E-state index >= 15 is 0 Å². The van der Waals surface area contributed by atoms with Gasteiger partial charge in [0.05, 0.1) is 18.4 Å². The third kappa shape index (κ3) is 3.22. The van der Waals surface area contributed by atoms with Gasteiger partial charge in [-0.05, 0) is 56.7 Å². The van der Waals surface area contributed by atoms with Gasteiger partial charge >= 0.3 is 0 Å². The Bertz CT molecular complexity index is 715. The maximum absolute atomic E-state index is 12.2. The fourth-order valence-electron chi connectivity index (χ4n) is 3.66. The van der Waals surface area contributed by atoms with Crippen molar-refractivity contribution < 1.29 is 4.42 Å². The monoisotopic (exact) mass is 314 g/mol. The molecule has 1 saturated heterocycles. The van der Waals surface area contributed by atoms with Crippen LogP contribution in [0.1, 0.15) is 36.4 Å². The molecule has 0 N–H and O–H groups in total. The molecular weight excluding hydrogens is 292 g/mol. The van der Waals surface area contributed by atoms with Gasteiger partial charge in [0.25, 0.3) is 5.56 Å². The van der Waals surface area contributed by atoms with Crippen LogP contribution in [0.4, 0.5) is 0 Å². The number of rotatable bonds is 4. The summed E-state index contributed by atoms with van der Waals surface area (Å²) < 4.78 is 7.00. The van der Waals surface area contributed by atoms with Crippen molar-refractivity contribution >= 4 is 0 Å². The number of nitrogens with zero attached hydrogens (tertiary/aromatic N) is 4. The number of likely N-dealkylation sites (tertiary alicyclic amines) is 1. The second-order valence-corrected chi connectivity index (χ2v) is 6.64. The Hall–Kier alpha value is -1.95. The van der Waals surface area contributed by atoms with E-state index in [0.717, 1.165) is 75.4 Å². The van der Waals surface area contributed by atoms with E-state index in [2.05, 4.69) is 15.0 Å². The summed E-state index contributed by atoms with van der Waals surface area (Å²) in [6.07, 6.45) is 8.65. The number of piperidine rings is 1. The Kier molecular flexibility index (Phi) is 3.99. The molecule has 2 aromatic heterocycles. The maximum Gasteiger partial charge on any atom is 0.267 e. The molecule has 0 atom stereocenters. The van der Waals surface area contributed by atoms with E-state index in [1.807, 2.05) is 0 Å². The molecule has 2 aliphatic rings. The molecule has 6 heteroatoms. The Balaban J connectivity index is 1.35. The Morgan fingerprint density at radius 2 is 2.13 bits per heavy atom. The van der Waals surface area contributed by atoms with E-state index in [1.54, 1.807) is 23.2 Å². The molecule has 0 aromatic carbocycles. The predicted octanol–water partition coefficient (Wildman–Crippen LogP) is 1.63. The second-order valence-electron chi connectivity index (χ2n) is 6.64. The molecule has 2 aromatic rings. The van der Waals surface area contributed by atoms with E-state index < -0.39 is 0 Å². The van der Waals surface area contributed by atoms with Gasteiger partial charge in [-0.3, -0.25) is 9.69 Å². The van der Waals surface area contributed by atoms with Crippen molar-refractivity contribution in [3.05, 3.63) is 46.0 Å². The van der Waals surface area contributed by atoms with Crippen molar-refractivity contribution in [3.8, 4) is 0 Å². The van der Waals surface area contributed by atoms with E-state index in [4.69, 9.17) is 4.42 Å². The highest BCUT2D eigenvalue weighted by atomic mass is 16.3. The molecule has 6 nitrogen and oxygen atoms in total. The van der Waals surface area contributed by atoms with Crippen molar-refractivity contribution in [2.75, 3.05) is 13.1 Å². The van der Waals surface area contributed by atoms with Crippen molar-refractivity contribution in [1.82, 2.24) is 19.7 Å². The summed E-state index contributed by atoms with van der Waals surface area (Å²) in [4.78, 5) is 18.7. The molecule has 0 spiro atoms. The fourth-order valence-corrected chi connectivity index (χ4v) is 3.66. The zero-order chi connectivity index (χ0) is 15.6. The molecule has 0 amide bonds. The summed E-state index contributed by atoms with van der Waals surface area (Å²) in [5, 5.41) is 4.59. The van der Waals surface area contributed by atoms with Crippen LogP contribution in [0, 0.1) is 5.92 Å². The normalized spacial score (nSPS) is 19.1. The molecule has 0 bridgehead atoms. The van der Waals surface area contributed by atoms with Crippen molar-refractivity contribution in [2.45, 2.75) is 45.2 Å². The van der Waals surface area contributed by atoms with Crippen molar-refractivity contribution in [1.29, 1.82) is 0 Å². The first-order valence-electron chi connectivity index (χ1n) is 8.48. The number of oxazole rings is 1. The quantitative estimate of drug-likeness (QED) is 0.858. The van der Waals surface area contributed by atoms with Gasteiger partial charge in [-0.25, -0.2) is 9.67 Å². The minimum Gasteiger partial charge on any atom is -0.448 e. The SMILES string of the molecule is O=c1cc2c(nn1CC1CCN(Cc3ncco3)CC1)CCC2. The third-order valence-corrected chi connectivity index (χ3v) is 5.00. The summed E-state index contributed by atoms with van der Waals surface area (Å²) in [7, 11) is 0. The number of fused-ring (bicyclic) bond motifs is 1. The van der Waals surface area contributed by atoms with Gasteiger partial charge < -0.3 is 4.42 Å². The van der Waals surface area contributed by atoms with Gasteiger partial charge in [0.2, 0.25) is 5.89 Å². The summed E-state index contributed by atoms with van der Waals surface area (Å²) in [5.41, 5.74) is 2.35. The average Bonchev–Trinajstić information content (AvgIpc) is 3.21. The van der Waals surface area contributed by atoms with Gasteiger partial charge in [0.1, 0.15) is 6.26 Å². The highest BCUT2D eigenvalue weighted by Gasteiger charge is 2.22. The first kappa shape index (κ1) is 14.6. The zero-order valence-corrected chi connectivity index (χ0v) is 13.3. The van der Waals surface area contributed by atoms with Crippen LogP contribution in [0.2, 0.25) is 0 Å². The molecule has 4 rings (SSSR count). The minimum atomic E-state index is 0.0628. The Morgan fingerprint density at radius 1 is 1.26 bits per heavy atom. The van der Waals surface area contributed by atoms with Crippen LogP contribution in [0.15, 0.2) is 27.7 Å². The van der Waals surface area contributed by atoms with E-state index in [-0.39, 0.29) is 5.56 Å². The lowest BCUT2D eigenvalue weighted by Gasteiger charge is -2.31. The lowest BCUT2D eigenvalue weighted by Crippen LogP contribution is -2.36. The van der Waals surface area contributed by atoms with Crippen molar-refractivity contribution in [2.24, 2.45) is 5.92 Å². The number of aryl methyl sites for hydroxylation is 2. The topological polar surface area (TPSA) is 64.2 Å². The first-order valence-corrected chi connectivity index (χ1v) is 8.48. The van der Waals surface area contributed by atoms with Crippen LogP contribution in [0.5, 0.6) is 0 Å². The van der Waals surface area contributed by atoms with E-state index in [9.17, 15) is 4.79 Å². The summed E-state index contributed by atoms with van der Waals surface area (Å²) in [6, 6.07) is 1.80. The van der Waals surface area contributed by atoms with Crippen LogP contribution >= 0.6 is 0 Å². The lowest BCUT2D eigenvalue weighted by atomic mass is 9.97. The highest BCUT2D eigenvalue weighted by Crippen LogP contribution is 2.21. The Labute approximate surface area is 135 Å². The summed E-state index contributed by atoms with van der Waals surface area (Å²) in [5.74, 6) is 1.31. The smallest absolute Gasteiger partial charge is 0.267 e. The Morgan fingerprint density at radius 3 is 2.91 bits per heavy atom. The van der Waals surface area contributed by atoms with Crippen LogP contribution in [-0.2, 0) is 25.9 Å². The van der Waals surface area contributed by atoms with Crippen molar-refractivity contribution in [3.63, 3.8) is 0 Å². The fraction of sp³-hybridized carbons (Fsp3) is 0.588. The average molecular weight is 314 g/mol. The van der Waals surface area contributed by atoms with Gasteiger partial charge in [0, 0.05) is 12.6 Å². The number of hydrogen-bond donors (Lipinski definition) is 0. The van der Waals surface area contributed by atoms with Crippen LogP contribution < -0.4 is 5.56 Å². The molecular formula is C17H22N4O2. The summed E-state index contributed by atoms with van der Waals surface area (Å²) in [6.45, 7) is 3.56. The van der Waals surface area contributed by atoms with Crippen LogP contribution in [-0.4, -0.2) is 32.8 Å². The van der Waals surface area contributed by atoms with Gasteiger partial charge in [-0.15, -0.1) is 0 Å². The van der Waals surface area contributed by atoms with Crippen LogP contribution in [0.25, 0.3) is 0 Å². The summed E-state index contributed by atoms with van der Waals surface area (Å²) >= 11 is 0. The van der Waals surface area contributed by atoms with Gasteiger partial charge in [-0.2, -0.15) is 5.10 Å². The molecule has 0 unspecified atom stereocenters. The molecule has 1 aliphatic heterocycles. The standard InChI is InChI=1S/C17H22N4O2/c22-17-10-14-2-1-3-15(14)19-21(17)11-13-4-7-20(8-5-13)12-16-18-6-9-23-16/h6,9-10,13H,1-5,7-8,11-12H2. The molecule has 1 aliphatic carbocycles. The van der Waals surface area contributed by atoms with E-state index in [1.165, 1.54) is 0 Å². The molecule has 122 valence electrons. The predicted molar refractivity (Wildman–Crippen MR) is 85.0 cm³/mol. The lowest BCUT2D eigenvalue weighted by molar-refractivity contribution is 0.152. The minimum absolute atomic E-state index is 0.0628. The number of hydrogen-bond acceptors (Lipinski definition) is 5. The van der Waals surface area contributed by atoms with E-state index in [0.29, 0.717) is 5.92 Å². The van der Waals surface area contributed by atoms with Gasteiger partial charge in [-0.1, -0.05) is 0 Å². The molecule has 1 fully saturated rings. The number of aromatic nitrogens is 3. The highest BCUT2D eigenvalue weighted by molar-refractivity contribution is 5.22. The molecule has 23 heavy (non-hydrogen) atoms. The zero-order valence-electron chi connectivity index (χ0n) is 13.3. The third-order valence-electron chi connectivity index (χ3n) is 5.00. The largest absolute Gasteiger partial charge is 0.448 e.